The van der Waals surface area contributed by atoms with Crippen molar-refractivity contribution < 1.29 is 35.5 Å². The largest absolute Gasteiger partial charge is 0.458 e. The molecule has 1 aliphatic carbocycles. The summed E-state index contributed by atoms with van der Waals surface area (Å²) in [7, 11) is -3.83. The highest BCUT2D eigenvalue weighted by atomic mass is 32.2. The van der Waals surface area contributed by atoms with Gasteiger partial charge in [0.25, 0.3) is 5.91 Å². The van der Waals surface area contributed by atoms with Gasteiger partial charge in [-0.1, -0.05) is 6.07 Å². The molecule has 1 N–H and O–H groups in total. The Kier molecular flexibility index (Phi) is 6.63. The maximum absolute atomic E-state index is 14.7. The van der Waals surface area contributed by atoms with Crippen molar-refractivity contribution in [1.82, 2.24) is 9.62 Å². The molecule has 35 heavy (non-hydrogen) atoms. The minimum atomic E-state index is -4.47. The maximum atomic E-state index is 14.7. The van der Waals surface area contributed by atoms with Crippen molar-refractivity contribution in [1.29, 1.82) is 0 Å². The molecule has 4 rings (SSSR count). The molecule has 0 saturated heterocycles. The second kappa shape index (κ2) is 9.37. The lowest BCUT2D eigenvalue weighted by Crippen LogP contribution is -2.30. The van der Waals surface area contributed by atoms with Crippen LogP contribution in [-0.4, -0.2) is 32.0 Å². The lowest BCUT2D eigenvalue weighted by molar-refractivity contribution is -0.137. The fourth-order valence-corrected chi connectivity index (χ4v) is 4.19. The van der Waals surface area contributed by atoms with Gasteiger partial charge in [0.15, 0.2) is 0 Å². The lowest BCUT2D eigenvalue weighted by atomic mass is 9.98. The molecule has 2 aliphatic rings. The number of nitrogens with one attached hydrogen (secondary N) is 1. The second-order valence-corrected chi connectivity index (χ2v) is 10.2. The predicted molar refractivity (Wildman–Crippen MR) is 120 cm³/mol. The number of hydrogen-bond acceptors (Lipinski definition) is 5. The quantitative estimate of drug-likeness (QED) is 0.547. The Morgan fingerprint density at radius 2 is 1.94 bits per heavy atom. The minimum Gasteiger partial charge on any atom is -0.458 e. The van der Waals surface area contributed by atoms with Gasteiger partial charge in [0, 0.05) is 19.3 Å². The zero-order valence-corrected chi connectivity index (χ0v) is 19.4. The van der Waals surface area contributed by atoms with Crippen molar-refractivity contribution >= 4 is 15.9 Å². The monoisotopic (exact) mass is 510 g/mol. The number of halogens is 4. The average Bonchev–Trinajstić information content (AvgIpc) is 3.59. The number of allylic oxidation sites excluding steroid dienone is 1. The first-order chi connectivity index (χ1) is 16.4. The summed E-state index contributed by atoms with van der Waals surface area (Å²) < 4.78 is 83.5. The van der Waals surface area contributed by atoms with Gasteiger partial charge >= 0.3 is 6.18 Å². The molecule has 0 atom stereocenters. The van der Waals surface area contributed by atoms with Gasteiger partial charge in [0.05, 0.1) is 17.4 Å². The van der Waals surface area contributed by atoms with E-state index in [-0.39, 0.29) is 17.2 Å². The van der Waals surface area contributed by atoms with Crippen LogP contribution in [0.5, 0.6) is 5.75 Å². The van der Waals surface area contributed by atoms with Gasteiger partial charge in [0.1, 0.15) is 17.3 Å². The summed E-state index contributed by atoms with van der Waals surface area (Å²) in [5.41, 5.74) is 0.321. The third-order valence-corrected chi connectivity index (χ3v) is 6.07. The molecule has 11 heteroatoms. The molecular formula is C24H22F4N2O4S. The molecule has 1 amide bonds. The first-order valence-corrected chi connectivity index (χ1v) is 12.6. The van der Waals surface area contributed by atoms with Crippen LogP contribution in [0.4, 0.5) is 17.6 Å². The van der Waals surface area contributed by atoms with Gasteiger partial charge in [-0.05, 0) is 72.4 Å². The number of rotatable bonds is 7. The Morgan fingerprint density at radius 1 is 1.20 bits per heavy atom. The van der Waals surface area contributed by atoms with Crippen molar-refractivity contribution in [3.05, 3.63) is 88.6 Å². The second-order valence-electron chi connectivity index (χ2n) is 8.49. The molecule has 0 bridgehead atoms. The van der Waals surface area contributed by atoms with Gasteiger partial charge in [-0.25, -0.2) is 17.5 Å². The summed E-state index contributed by atoms with van der Waals surface area (Å²) in [6, 6.07) is 7.25. The van der Waals surface area contributed by atoms with Crippen LogP contribution in [-0.2, 0) is 22.7 Å². The number of alkyl halides is 3. The number of sulfonamides is 1. The van der Waals surface area contributed by atoms with Crippen molar-refractivity contribution in [3.8, 4) is 5.75 Å². The van der Waals surface area contributed by atoms with Gasteiger partial charge in [0.2, 0.25) is 10.0 Å². The first-order valence-electron chi connectivity index (χ1n) is 10.7. The van der Waals surface area contributed by atoms with Crippen LogP contribution < -0.4 is 9.46 Å². The number of nitrogens with zero attached hydrogens (tertiary/aromatic N) is 1. The topological polar surface area (TPSA) is 75.7 Å². The molecule has 0 aromatic heterocycles. The van der Waals surface area contributed by atoms with Crippen LogP contribution >= 0.6 is 0 Å². The van der Waals surface area contributed by atoms with Crippen LogP contribution in [0.25, 0.3) is 0 Å². The molecular weight excluding hydrogens is 488 g/mol. The molecule has 2 aromatic carbocycles. The third-order valence-electron chi connectivity index (χ3n) is 5.52. The van der Waals surface area contributed by atoms with Gasteiger partial charge in [-0.2, -0.15) is 13.2 Å². The van der Waals surface area contributed by atoms with Crippen molar-refractivity contribution in [2.24, 2.45) is 0 Å². The molecule has 1 fully saturated rings. The molecule has 0 radical (unpaired) electrons. The first kappa shape index (κ1) is 24.8. The Balaban J connectivity index is 1.46. The van der Waals surface area contributed by atoms with Crippen molar-refractivity contribution in [3.63, 3.8) is 0 Å². The molecule has 1 heterocycles. The Hall–Kier alpha value is -3.34. The summed E-state index contributed by atoms with van der Waals surface area (Å²) in [6.45, 7) is 0.688. The van der Waals surface area contributed by atoms with E-state index in [1.165, 1.54) is 24.3 Å². The highest BCUT2D eigenvalue weighted by molar-refractivity contribution is 7.89. The predicted octanol–water partition coefficient (Wildman–Crippen LogP) is 4.70. The molecule has 1 aliphatic heterocycles. The number of ether oxygens (including phenoxy) is 1. The zero-order valence-electron chi connectivity index (χ0n) is 18.6. The van der Waals surface area contributed by atoms with Crippen LogP contribution in [0.1, 0.15) is 45.8 Å². The van der Waals surface area contributed by atoms with E-state index in [0.717, 1.165) is 36.8 Å². The smallest absolute Gasteiger partial charge is 0.416 e. The van der Waals surface area contributed by atoms with E-state index in [2.05, 4.69) is 0 Å². The lowest BCUT2D eigenvalue weighted by Gasteiger charge is -2.24. The van der Waals surface area contributed by atoms with E-state index in [1.54, 1.807) is 23.1 Å². The van der Waals surface area contributed by atoms with Crippen LogP contribution in [0.3, 0.4) is 0 Å². The summed E-state index contributed by atoms with van der Waals surface area (Å²) in [4.78, 5) is 14.1. The molecule has 186 valence electrons. The SMILES string of the molecule is CS(=O)(=O)NC(=O)c1cc(C2CC2)c(CN2C=CC(Oc3cccc(C(F)(F)F)c3)=CC2)cc1F. The molecule has 1 saturated carbocycles. The minimum absolute atomic E-state index is 0.0604. The fourth-order valence-electron chi connectivity index (χ4n) is 3.74. The maximum Gasteiger partial charge on any atom is 0.416 e. The third kappa shape index (κ3) is 6.41. The molecule has 0 spiro atoms. The van der Waals surface area contributed by atoms with E-state index < -0.39 is 33.5 Å². The summed E-state index contributed by atoms with van der Waals surface area (Å²) in [5, 5.41) is 0. The van der Waals surface area contributed by atoms with E-state index >= 15 is 0 Å². The summed E-state index contributed by atoms with van der Waals surface area (Å²) in [5.74, 6) is -1.24. The van der Waals surface area contributed by atoms with Crippen LogP contribution in [0.15, 0.2) is 60.5 Å². The van der Waals surface area contributed by atoms with Gasteiger partial charge in [-0.3, -0.25) is 4.79 Å². The van der Waals surface area contributed by atoms with E-state index in [0.29, 0.717) is 24.4 Å². The van der Waals surface area contributed by atoms with Crippen molar-refractivity contribution in [2.75, 3.05) is 12.8 Å². The highest BCUT2D eigenvalue weighted by Gasteiger charge is 2.31. The number of benzene rings is 2. The molecule has 2 aromatic rings. The van der Waals surface area contributed by atoms with E-state index in [1.807, 2.05) is 4.90 Å². The number of hydrogen-bond donors (Lipinski definition) is 1. The Morgan fingerprint density at radius 3 is 2.54 bits per heavy atom. The number of carbonyl (C=O) groups is 1. The van der Waals surface area contributed by atoms with Crippen LogP contribution in [0, 0.1) is 5.82 Å². The normalized spacial score (nSPS) is 16.1. The van der Waals surface area contributed by atoms with Gasteiger partial charge < -0.3 is 9.64 Å². The molecule has 6 nitrogen and oxygen atoms in total. The van der Waals surface area contributed by atoms with Crippen LogP contribution in [0.2, 0.25) is 0 Å². The average molecular weight is 511 g/mol. The standard InChI is InChI=1S/C24H22F4N2O4S/c1-35(32,33)29-23(31)21-13-20(15-5-6-15)16(11-22(21)25)14-30-9-7-18(8-10-30)34-19-4-2-3-17(12-19)24(26,27)28/h2-4,7-9,11-13,15H,5-6,10,14H2,1H3,(H,29,31). The highest BCUT2D eigenvalue weighted by Crippen LogP contribution is 2.43. The molecule has 0 unspecified atom stereocenters. The van der Waals surface area contributed by atoms with Gasteiger partial charge in [-0.15, -0.1) is 0 Å². The Bertz CT molecular complexity index is 1320. The Labute approximate surface area is 199 Å². The number of carbonyl (C=O) groups excluding carboxylic acids is 1. The summed E-state index contributed by atoms with van der Waals surface area (Å²) in [6.07, 6.45) is 3.11. The summed E-state index contributed by atoms with van der Waals surface area (Å²) >= 11 is 0. The fraction of sp³-hybridized carbons (Fsp3) is 0.292. The zero-order chi connectivity index (χ0) is 25.4. The van der Waals surface area contributed by atoms with E-state index in [9.17, 15) is 30.8 Å². The van der Waals surface area contributed by atoms with Crippen molar-refractivity contribution in [2.45, 2.75) is 31.5 Å². The number of amides is 1. The van der Waals surface area contributed by atoms with E-state index in [4.69, 9.17) is 4.74 Å².